The summed E-state index contributed by atoms with van der Waals surface area (Å²) in [6, 6.07) is 18.7. The Bertz CT molecular complexity index is 547. The summed E-state index contributed by atoms with van der Waals surface area (Å²) in [4.78, 5) is 0. The van der Waals surface area contributed by atoms with Crippen LogP contribution in [0.15, 0.2) is 54.6 Å². The van der Waals surface area contributed by atoms with Gasteiger partial charge in [0.05, 0.1) is 0 Å². The number of nitrogens with two attached hydrogens (primary N) is 1. The molecule has 0 radical (unpaired) electrons. The van der Waals surface area contributed by atoms with E-state index in [1.807, 2.05) is 18.2 Å². The normalized spacial score (nSPS) is 17.5. The van der Waals surface area contributed by atoms with E-state index in [4.69, 9.17) is 9.47 Å². The Balaban J connectivity index is 1.39. The van der Waals surface area contributed by atoms with Gasteiger partial charge in [0.1, 0.15) is 31.5 Å². The number of hydrogen-bond acceptors (Lipinski definition) is 2. The summed E-state index contributed by atoms with van der Waals surface area (Å²) in [7, 11) is 0. The highest BCUT2D eigenvalue weighted by molar-refractivity contribution is 5.63. The van der Waals surface area contributed by atoms with Gasteiger partial charge >= 0.3 is 0 Å². The van der Waals surface area contributed by atoms with Crippen LogP contribution in [-0.4, -0.2) is 32.4 Å². The molecule has 1 fully saturated rings. The number of benzene rings is 2. The lowest BCUT2D eigenvalue weighted by molar-refractivity contribution is -0.661. The van der Waals surface area contributed by atoms with Gasteiger partial charge in [-0.3, -0.25) is 0 Å². The van der Waals surface area contributed by atoms with Crippen molar-refractivity contribution in [3.63, 3.8) is 0 Å². The fourth-order valence-corrected chi connectivity index (χ4v) is 2.77. The van der Waals surface area contributed by atoms with E-state index in [0.717, 1.165) is 32.1 Å². The molecule has 2 aromatic rings. The molecule has 1 atom stereocenters. The van der Waals surface area contributed by atoms with E-state index in [9.17, 15) is 0 Å². The van der Waals surface area contributed by atoms with Crippen LogP contribution in [0.5, 0.6) is 5.75 Å². The van der Waals surface area contributed by atoms with Gasteiger partial charge in [-0.25, -0.2) is 0 Å². The third-order valence-electron chi connectivity index (χ3n) is 4.01. The molecular formula is C19H24NO2+. The first-order valence-corrected chi connectivity index (χ1v) is 8.13. The minimum absolute atomic E-state index is 0.449. The maximum Gasteiger partial charge on any atom is 0.137 e. The van der Waals surface area contributed by atoms with Crippen molar-refractivity contribution in [3.05, 3.63) is 54.6 Å². The smallest absolute Gasteiger partial charge is 0.137 e. The molecule has 22 heavy (non-hydrogen) atoms. The van der Waals surface area contributed by atoms with Crippen molar-refractivity contribution in [2.24, 2.45) is 0 Å². The topological polar surface area (TPSA) is 35.1 Å². The fourth-order valence-electron chi connectivity index (χ4n) is 2.77. The van der Waals surface area contributed by atoms with Gasteiger partial charge in [0.2, 0.25) is 0 Å². The zero-order valence-electron chi connectivity index (χ0n) is 12.9. The monoisotopic (exact) mass is 298 g/mol. The molecule has 3 heteroatoms. The minimum atomic E-state index is 0.449. The van der Waals surface area contributed by atoms with E-state index >= 15 is 0 Å². The fraction of sp³-hybridized carbons (Fsp3) is 0.368. The van der Waals surface area contributed by atoms with Crippen LogP contribution in [0.25, 0.3) is 11.1 Å². The van der Waals surface area contributed by atoms with Gasteiger partial charge in [-0.05, 0) is 36.1 Å². The zero-order chi connectivity index (χ0) is 15.0. The summed E-state index contributed by atoms with van der Waals surface area (Å²) in [5.41, 5.74) is 2.46. The van der Waals surface area contributed by atoms with E-state index in [1.165, 1.54) is 24.0 Å². The Labute approximate surface area is 132 Å². The molecule has 1 aliphatic heterocycles. The summed E-state index contributed by atoms with van der Waals surface area (Å²) in [6.07, 6.45) is 2.87. The highest BCUT2D eigenvalue weighted by Gasteiger charge is 2.16. The zero-order valence-corrected chi connectivity index (χ0v) is 12.9. The van der Waals surface area contributed by atoms with Gasteiger partial charge in [0.15, 0.2) is 0 Å². The van der Waals surface area contributed by atoms with Gasteiger partial charge in [0.25, 0.3) is 0 Å². The van der Waals surface area contributed by atoms with Crippen LogP contribution < -0.4 is 10.1 Å². The van der Waals surface area contributed by atoms with Gasteiger partial charge in [-0.1, -0.05) is 42.5 Å². The predicted octanol–water partition coefficient (Wildman–Crippen LogP) is 2.47. The number of quaternary nitrogens is 1. The van der Waals surface area contributed by atoms with Crippen LogP contribution in [0.3, 0.4) is 0 Å². The van der Waals surface area contributed by atoms with Crippen molar-refractivity contribution in [1.29, 1.82) is 0 Å². The molecule has 0 spiro atoms. The summed E-state index contributed by atoms with van der Waals surface area (Å²) in [5.74, 6) is 0.935. The molecule has 2 aromatic carbocycles. The first-order valence-electron chi connectivity index (χ1n) is 8.13. The van der Waals surface area contributed by atoms with E-state index < -0.39 is 0 Å². The molecule has 3 nitrogen and oxygen atoms in total. The number of ether oxygens (including phenoxy) is 2. The van der Waals surface area contributed by atoms with Crippen molar-refractivity contribution in [1.82, 2.24) is 0 Å². The maximum absolute atomic E-state index is 5.79. The molecule has 3 rings (SSSR count). The minimum Gasteiger partial charge on any atom is -0.488 e. The van der Waals surface area contributed by atoms with Crippen LogP contribution >= 0.6 is 0 Å². The Kier molecular flexibility index (Phi) is 5.46. The second-order valence-corrected chi connectivity index (χ2v) is 5.69. The van der Waals surface area contributed by atoms with Crippen molar-refractivity contribution in [2.75, 3.05) is 26.3 Å². The van der Waals surface area contributed by atoms with Crippen LogP contribution in [0.1, 0.15) is 12.8 Å². The molecule has 0 aliphatic carbocycles. The predicted molar refractivity (Wildman–Crippen MR) is 88.0 cm³/mol. The van der Waals surface area contributed by atoms with E-state index in [2.05, 4.69) is 41.7 Å². The molecule has 2 N–H and O–H groups in total. The third kappa shape index (κ3) is 4.33. The van der Waals surface area contributed by atoms with Crippen LogP contribution in [0.4, 0.5) is 0 Å². The van der Waals surface area contributed by atoms with E-state index in [1.54, 1.807) is 0 Å². The van der Waals surface area contributed by atoms with Gasteiger partial charge in [-0.15, -0.1) is 0 Å². The van der Waals surface area contributed by atoms with Crippen molar-refractivity contribution in [3.8, 4) is 16.9 Å². The second-order valence-electron chi connectivity index (χ2n) is 5.69. The highest BCUT2D eigenvalue weighted by Crippen LogP contribution is 2.21. The van der Waals surface area contributed by atoms with Crippen molar-refractivity contribution >= 4 is 0 Å². The summed E-state index contributed by atoms with van der Waals surface area (Å²) in [5, 5.41) is 2.29. The molecule has 1 aliphatic rings. The standard InChI is InChI=1S/C19H23NO2/c1-2-5-16(6-3-1)17-8-10-18(11-9-17)22-14-12-20-15-19-7-4-13-21-19/h1-3,5-6,8-11,19-20H,4,7,12-15H2/p+1/t19-/m0/s1. The molecule has 0 aromatic heterocycles. The summed E-state index contributed by atoms with van der Waals surface area (Å²) >= 11 is 0. The molecule has 0 amide bonds. The van der Waals surface area contributed by atoms with E-state index in [-0.39, 0.29) is 0 Å². The lowest BCUT2D eigenvalue weighted by Gasteiger charge is -2.09. The van der Waals surface area contributed by atoms with E-state index in [0.29, 0.717) is 6.10 Å². The van der Waals surface area contributed by atoms with Crippen molar-refractivity contribution in [2.45, 2.75) is 18.9 Å². The van der Waals surface area contributed by atoms with Crippen LogP contribution in [0.2, 0.25) is 0 Å². The molecule has 0 bridgehead atoms. The Morgan fingerprint density at radius 3 is 2.50 bits per heavy atom. The van der Waals surface area contributed by atoms with Gasteiger partial charge in [-0.2, -0.15) is 0 Å². The molecular weight excluding hydrogens is 274 g/mol. The lowest BCUT2D eigenvalue weighted by atomic mass is 10.1. The molecule has 116 valence electrons. The maximum atomic E-state index is 5.79. The van der Waals surface area contributed by atoms with Crippen LogP contribution in [0, 0.1) is 0 Å². The van der Waals surface area contributed by atoms with Crippen LogP contribution in [-0.2, 0) is 4.74 Å². The third-order valence-corrected chi connectivity index (χ3v) is 4.01. The quantitative estimate of drug-likeness (QED) is 0.797. The molecule has 0 saturated carbocycles. The van der Waals surface area contributed by atoms with Gasteiger partial charge < -0.3 is 14.8 Å². The second kappa shape index (κ2) is 7.97. The number of hydrogen-bond donors (Lipinski definition) is 1. The molecule has 0 unspecified atom stereocenters. The first-order chi connectivity index (χ1) is 10.9. The number of rotatable bonds is 7. The Morgan fingerprint density at radius 1 is 1.00 bits per heavy atom. The Hall–Kier alpha value is -1.84. The SMILES string of the molecule is c1ccc(-c2ccc(OCC[NH2+]C[C@@H]3CCCO3)cc2)cc1. The first kappa shape index (κ1) is 15.1. The molecule has 1 saturated heterocycles. The lowest BCUT2D eigenvalue weighted by Crippen LogP contribution is -2.87. The largest absolute Gasteiger partial charge is 0.488 e. The summed E-state index contributed by atoms with van der Waals surface area (Å²) < 4.78 is 11.4. The van der Waals surface area contributed by atoms with Crippen molar-refractivity contribution < 1.29 is 14.8 Å². The van der Waals surface area contributed by atoms with Gasteiger partial charge in [0, 0.05) is 6.61 Å². The molecule has 1 heterocycles. The highest BCUT2D eigenvalue weighted by atomic mass is 16.5. The summed E-state index contributed by atoms with van der Waals surface area (Å²) in [6.45, 7) is 3.69. The Morgan fingerprint density at radius 2 is 1.77 bits per heavy atom. The average molecular weight is 298 g/mol. The average Bonchev–Trinajstić information content (AvgIpc) is 3.09.